The van der Waals surface area contributed by atoms with Gasteiger partial charge in [0.05, 0.1) is 10.7 Å². The van der Waals surface area contributed by atoms with Gasteiger partial charge in [0.25, 0.3) is 0 Å². The van der Waals surface area contributed by atoms with Gasteiger partial charge in [-0.05, 0) is 6.26 Å². The van der Waals surface area contributed by atoms with Crippen molar-refractivity contribution in [2.75, 3.05) is 19.1 Å². The van der Waals surface area contributed by atoms with Crippen LogP contribution in [0.2, 0.25) is 0 Å². The molecule has 0 saturated heterocycles. The minimum absolute atomic E-state index is 0.0637. The second-order valence-electron chi connectivity index (χ2n) is 3.01. The number of hydrogen-bond acceptors (Lipinski definition) is 3. The third-order valence-corrected chi connectivity index (χ3v) is 3.55. The van der Waals surface area contributed by atoms with E-state index in [9.17, 15) is 0 Å². The Morgan fingerprint density at radius 2 is 2.21 bits per heavy atom. The van der Waals surface area contributed by atoms with Crippen LogP contribution in [0, 0.1) is 11.3 Å². The molecule has 0 rings (SSSR count). The summed E-state index contributed by atoms with van der Waals surface area (Å²) in [4.78, 5) is 2.47. The first-order chi connectivity index (χ1) is 6.41. The molecule has 80 valence electrons. The molecule has 0 aliphatic heterocycles. The maximum absolute atomic E-state index is 7.23. The Morgan fingerprint density at radius 3 is 2.57 bits per heavy atom. The van der Waals surface area contributed by atoms with Gasteiger partial charge in [0.1, 0.15) is 5.17 Å². The summed E-state index contributed by atoms with van der Waals surface area (Å²) in [5.74, 6) is 1.25. The minimum Gasteiger partial charge on any atom is -0.337 e. The molecule has 0 amide bonds. The predicted molar refractivity (Wildman–Crippen MR) is 70.6 cm³/mol. The number of thioether (sulfide) groups is 1. The van der Waals surface area contributed by atoms with Gasteiger partial charge in [0, 0.05) is 18.7 Å². The smallest absolute Gasteiger partial charge is 0.144 e. The molecule has 1 atom stereocenters. The number of hydrogen-bond donors (Lipinski definition) is 1. The number of nitrogens with one attached hydrogen (secondary N) is 1. The van der Waals surface area contributed by atoms with Gasteiger partial charge >= 0.3 is 0 Å². The average Bonchev–Trinajstić information content (AvgIpc) is 2.14. The van der Waals surface area contributed by atoms with E-state index in [4.69, 9.17) is 29.2 Å². The monoisotopic (exact) mass is 250 g/mol. The molecule has 5 heteroatoms. The molecular weight excluding hydrogens is 236 g/mol. The van der Waals surface area contributed by atoms with Gasteiger partial charge in [0.15, 0.2) is 0 Å². The summed E-state index contributed by atoms with van der Waals surface area (Å²) in [5.41, 5.74) is 0.449. The van der Waals surface area contributed by atoms with Crippen molar-refractivity contribution in [3.63, 3.8) is 0 Å². The van der Waals surface area contributed by atoms with Crippen molar-refractivity contribution in [1.82, 2.24) is 4.90 Å². The normalized spacial score (nSPS) is 12.0. The fourth-order valence-electron chi connectivity index (χ4n) is 0.932. The summed E-state index contributed by atoms with van der Waals surface area (Å²) in [6.45, 7) is 5.75. The molecule has 0 aliphatic rings. The number of halogens is 1. The number of allylic oxidation sites excluding steroid dienone is 1. The van der Waals surface area contributed by atoms with E-state index in [0.29, 0.717) is 5.70 Å². The quantitative estimate of drug-likeness (QED) is 0.601. The molecule has 0 aromatic rings. The Bertz CT molecular complexity index is 253. The maximum atomic E-state index is 7.23. The lowest BCUT2D eigenvalue weighted by molar-refractivity contribution is 0.628. The van der Waals surface area contributed by atoms with Crippen molar-refractivity contribution >= 4 is 45.7 Å². The van der Waals surface area contributed by atoms with Gasteiger partial charge < -0.3 is 4.90 Å². The largest absolute Gasteiger partial charge is 0.337 e. The summed E-state index contributed by atoms with van der Waals surface area (Å²) < 4.78 is 0. The third-order valence-electron chi connectivity index (χ3n) is 1.83. The first-order valence-corrected chi connectivity index (χ1v) is 6.29. The van der Waals surface area contributed by atoms with E-state index in [0.717, 1.165) is 10.7 Å². The Labute approximate surface area is 100 Å². The van der Waals surface area contributed by atoms with Gasteiger partial charge in [-0.1, -0.05) is 37.3 Å². The Balaban J connectivity index is 4.38. The summed E-state index contributed by atoms with van der Waals surface area (Å²) >= 11 is 12.5. The molecular formula is C9H15ClN2S2. The molecule has 14 heavy (non-hydrogen) atoms. The molecule has 0 bridgehead atoms. The van der Waals surface area contributed by atoms with E-state index in [2.05, 4.69) is 13.5 Å². The lowest BCUT2D eigenvalue weighted by Gasteiger charge is -2.24. The minimum atomic E-state index is -0.0637. The maximum Gasteiger partial charge on any atom is 0.144 e. The van der Waals surface area contributed by atoms with Gasteiger partial charge in [-0.25, -0.2) is 0 Å². The molecule has 1 N–H and O–H groups in total. The lowest BCUT2D eigenvalue weighted by Crippen LogP contribution is -2.31. The summed E-state index contributed by atoms with van der Waals surface area (Å²) in [6, 6.07) is 0. The fourth-order valence-corrected chi connectivity index (χ4v) is 2.02. The second kappa shape index (κ2) is 6.43. The Kier molecular flexibility index (Phi) is 6.40. The van der Waals surface area contributed by atoms with Crippen molar-refractivity contribution in [3.8, 4) is 0 Å². The molecule has 1 unspecified atom stereocenters. The lowest BCUT2D eigenvalue weighted by atomic mass is 10.2. The average molecular weight is 251 g/mol. The molecule has 0 saturated carbocycles. The highest BCUT2D eigenvalue weighted by Crippen LogP contribution is 2.14. The SMILES string of the molecule is C=C(C(=N)Cl)N(C)C(=S)C(C)CSC. The highest BCUT2D eigenvalue weighted by Gasteiger charge is 2.16. The zero-order valence-corrected chi connectivity index (χ0v) is 11.0. The molecule has 0 heterocycles. The van der Waals surface area contributed by atoms with Gasteiger partial charge in [0.2, 0.25) is 0 Å². The standard InChI is InChI=1S/C9H15ClN2S2/c1-6(5-14-4)9(13)12(3)7(2)8(10)11/h6,11H,2,5H2,1,3-4H3. The zero-order valence-electron chi connectivity index (χ0n) is 8.63. The van der Waals surface area contributed by atoms with E-state index in [-0.39, 0.29) is 11.1 Å². The van der Waals surface area contributed by atoms with Crippen molar-refractivity contribution < 1.29 is 0 Å². The van der Waals surface area contributed by atoms with Gasteiger partial charge in [-0.3, -0.25) is 5.41 Å². The van der Waals surface area contributed by atoms with Crippen LogP contribution in [0.25, 0.3) is 0 Å². The highest BCUT2D eigenvalue weighted by atomic mass is 35.5. The molecule has 0 aromatic heterocycles. The van der Waals surface area contributed by atoms with Crippen LogP contribution in [0.3, 0.4) is 0 Å². The van der Waals surface area contributed by atoms with Crippen LogP contribution < -0.4 is 0 Å². The van der Waals surface area contributed by atoms with Crippen molar-refractivity contribution in [3.05, 3.63) is 12.3 Å². The Morgan fingerprint density at radius 1 is 1.71 bits per heavy atom. The molecule has 0 radical (unpaired) electrons. The first kappa shape index (κ1) is 13.9. The van der Waals surface area contributed by atoms with Crippen LogP contribution in [0.4, 0.5) is 0 Å². The van der Waals surface area contributed by atoms with Crippen LogP contribution in [0.1, 0.15) is 6.92 Å². The Hall–Kier alpha value is -0.0600. The number of rotatable bonds is 5. The number of thiocarbonyl (C=S) groups is 1. The molecule has 0 spiro atoms. The first-order valence-electron chi connectivity index (χ1n) is 4.11. The van der Waals surface area contributed by atoms with Crippen LogP contribution >= 0.6 is 35.6 Å². The number of nitrogens with zero attached hydrogens (tertiary/aromatic N) is 1. The predicted octanol–water partition coefficient (Wildman–Crippen LogP) is 2.97. The van der Waals surface area contributed by atoms with E-state index in [1.807, 2.05) is 6.26 Å². The van der Waals surface area contributed by atoms with Crippen LogP contribution in [0.5, 0.6) is 0 Å². The summed E-state index contributed by atoms with van der Waals surface area (Å²) in [6.07, 6.45) is 2.04. The van der Waals surface area contributed by atoms with Gasteiger partial charge in [-0.15, -0.1) is 0 Å². The third kappa shape index (κ3) is 3.98. The van der Waals surface area contributed by atoms with Gasteiger partial charge in [-0.2, -0.15) is 11.8 Å². The topological polar surface area (TPSA) is 27.1 Å². The van der Waals surface area contributed by atoms with E-state index in [1.165, 1.54) is 0 Å². The second-order valence-corrected chi connectivity index (χ2v) is 4.72. The van der Waals surface area contributed by atoms with Crippen LogP contribution in [0.15, 0.2) is 12.3 Å². The van der Waals surface area contributed by atoms with Crippen LogP contribution in [-0.2, 0) is 0 Å². The fraction of sp³-hybridized carbons (Fsp3) is 0.556. The van der Waals surface area contributed by atoms with Crippen molar-refractivity contribution in [2.24, 2.45) is 5.92 Å². The van der Waals surface area contributed by atoms with E-state index < -0.39 is 0 Å². The zero-order chi connectivity index (χ0) is 11.3. The molecule has 0 fully saturated rings. The van der Waals surface area contributed by atoms with Crippen molar-refractivity contribution in [1.29, 1.82) is 5.41 Å². The molecule has 0 aliphatic carbocycles. The van der Waals surface area contributed by atoms with Crippen molar-refractivity contribution in [2.45, 2.75) is 6.92 Å². The van der Waals surface area contributed by atoms with E-state index >= 15 is 0 Å². The summed E-state index contributed by atoms with van der Waals surface area (Å²) in [5, 5.41) is 7.16. The van der Waals surface area contributed by atoms with Crippen LogP contribution in [-0.4, -0.2) is 34.1 Å². The summed E-state index contributed by atoms with van der Waals surface area (Å²) in [7, 11) is 1.79. The van der Waals surface area contributed by atoms with E-state index in [1.54, 1.807) is 23.7 Å². The highest BCUT2D eigenvalue weighted by molar-refractivity contribution is 7.98. The molecule has 0 aromatic carbocycles. The molecule has 2 nitrogen and oxygen atoms in total.